The summed E-state index contributed by atoms with van der Waals surface area (Å²) in [7, 11) is 0. The minimum Gasteiger partial charge on any atom is -0.300 e. The minimum absolute atomic E-state index is 0.266. The van der Waals surface area contributed by atoms with Gasteiger partial charge in [0.05, 0.1) is 0 Å². The van der Waals surface area contributed by atoms with Gasteiger partial charge in [0.15, 0.2) is 0 Å². The Morgan fingerprint density at radius 2 is 1.92 bits per heavy atom. The quantitative estimate of drug-likeness (QED) is 0.553. The van der Waals surface area contributed by atoms with Crippen molar-refractivity contribution in [2.24, 2.45) is 0 Å². The van der Waals surface area contributed by atoms with E-state index in [0.29, 0.717) is 6.42 Å². The summed E-state index contributed by atoms with van der Waals surface area (Å²) < 4.78 is 0. The van der Waals surface area contributed by atoms with E-state index in [9.17, 15) is 4.79 Å². The van der Waals surface area contributed by atoms with Gasteiger partial charge in [-0.05, 0) is 33.1 Å². The smallest absolute Gasteiger partial charge is 0.130 e. The number of hydrogen-bond acceptors (Lipinski definition) is 1. The second kappa shape index (κ2) is 6.84. The van der Waals surface area contributed by atoms with Gasteiger partial charge in [0, 0.05) is 6.42 Å². The lowest BCUT2D eigenvalue weighted by molar-refractivity contribution is -0.116. The van der Waals surface area contributed by atoms with E-state index < -0.39 is 0 Å². The molecule has 0 N–H and O–H groups in total. The Morgan fingerprint density at radius 3 is 2.42 bits per heavy atom. The van der Waals surface area contributed by atoms with Crippen molar-refractivity contribution in [3.63, 3.8) is 0 Å². The molecule has 0 rings (SSSR count). The summed E-state index contributed by atoms with van der Waals surface area (Å²) in [6.07, 6.45) is 7.72. The third-order valence-electron chi connectivity index (χ3n) is 1.73. The molecule has 0 heterocycles. The highest BCUT2D eigenvalue weighted by atomic mass is 16.1. The van der Waals surface area contributed by atoms with Crippen molar-refractivity contribution in [3.05, 3.63) is 24.3 Å². The Labute approximate surface area is 75.2 Å². The van der Waals surface area contributed by atoms with Gasteiger partial charge in [0.25, 0.3) is 0 Å². The van der Waals surface area contributed by atoms with E-state index in [4.69, 9.17) is 0 Å². The zero-order valence-electron chi connectivity index (χ0n) is 8.10. The van der Waals surface area contributed by atoms with Gasteiger partial charge in [0.1, 0.15) is 5.78 Å². The normalized spacial score (nSPS) is 11.3. The first kappa shape index (κ1) is 11.2. The maximum atomic E-state index is 10.6. The molecule has 0 bridgehead atoms. The summed E-state index contributed by atoms with van der Waals surface area (Å²) in [4.78, 5) is 10.6. The van der Waals surface area contributed by atoms with Gasteiger partial charge in [-0.15, -0.1) is 6.58 Å². The maximum Gasteiger partial charge on any atom is 0.130 e. The second-order valence-corrected chi connectivity index (χ2v) is 3.12. The van der Waals surface area contributed by atoms with Crippen molar-refractivity contribution < 1.29 is 4.79 Å². The fraction of sp³-hybridized carbons (Fsp3) is 0.545. The lowest BCUT2D eigenvalue weighted by Crippen LogP contribution is -1.87. The zero-order chi connectivity index (χ0) is 9.40. The van der Waals surface area contributed by atoms with Crippen molar-refractivity contribution in [3.8, 4) is 0 Å². The van der Waals surface area contributed by atoms with Crippen LogP contribution < -0.4 is 0 Å². The number of ketones is 1. The standard InChI is InChI=1S/C11H18O/c1-4-5-7-10(2)8-6-9-11(3)12/h4,8H,1,5-7,9H2,2-3H3/b10-8-. The molecule has 0 saturated carbocycles. The Hall–Kier alpha value is -0.850. The van der Waals surface area contributed by atoms with Crippen LogP contribution in [-0.4, -0.2) is 5.78 Å². The number of allylic oxidation sites excluding steroid dienone is 3. The predicted octanol–water partition coefficient (Wildman–Crippen LogP) is 3.27. The molecule has 0 fully saturated rings. The van der Waals surface area contributed by atoms with E-state index in [1.165, 1.54) is 5.57 Å². The second-order valence-electron chi connectivity index (χ2n) is 3.12. The van der Waals surface area contributed by atoms with E-state index in [0.717, 1.165) is 19.3 Å². The molecule has 0 radical (unpaired) electrons. The number of hydrogen-bond donors (Lipinski definition) is 0. The molecule has 1 nitrogen and oxygen atoms in total. The van der Waals surface area contributed by atoms with E-state index in [-0.39, 0.29) is 5.78 Å². The van der Waals surface area contributed by atoms with Crippen molar-refractivity contribution in [1.29, 1.82) is 0 Å². The van der Waals surface area contributed by atoms with Crippen LogP contribution in [0.4, 0.5) is 0 Å². The minimum atomic E-state index is 0.266. The maximum absolute atomic E-state index is 10.6. The molecule has 0 aliphatic heterocycles. The molecule has 0 aromatic rings. The first-order valence-corrected chi connectivity index (χ1v) is 4.42. The molecule has 0 aliphatic carbocycles. The van der Waals surface area contributed by atoms with Gasteiger partial charge in [0.2, 0.25) is 0 Å². The van der Waals surface area contributed by atoms with Crippen molar-refractivity contribution in [2.75, 3.05) is 0 Å². The van der Waals surface area contributed by atoms with Gasteiger partial charge in [-0.2, -0.15) is 0 Å². The third kappa shape index (κ3) is 7.26. The van der Waals surface area contributed by atoms with Crippen LogP contribution in [0.1, 0.15) is 39.5 Å². The van der Waals surface area contributed by atoms with E-state index in [1.54, 1.807) is 6.92 Å². The highest BCUT2D eigenvalue weighted by Gasteiger charge is 1.91. The Bertz CT molecular complexity index is 177. The lowest BCUT2D eigenvalue weighted by Gasteiger charge is -1.96. The van der Waals surface area contributed by atoms with Gasteiger partial charge >= 0.3 is 0 Å². The summed E-state index contributed by atoms with van der Waals surface area (Å²) in [5, 5.41) is 0. The number of Topliss-reactive ketones (excluding diaryl/α,β-unsaturated/α-hetero) is 1. The average molecular weight is 166 g/mol. The molecule has 0 atom stereocenters. The Morgan fingerprint density at radius 1 is 1.25 bits per heavy atom. The molecule has 12 heavy (non-hydrogen) atoms. The third-order valence-corrected chi connectivity index (χ3v) is 1.73. The fourth-order valence-corrected chi connectivity index (χ4v) is 0.954. The summed E-state index contributed by atoms with van der Waals surface area (Å²) >= 11 is 0. The lowest BCUT2D eigenvalue weighted by atomic mass is 10.1. The zero-order valence-corrected chi connectivity index (χ0v) is 8.10. The molecule has 0 spiro atoms. The van der Waals surface area contributed by atoms with Gasteiger partial charge in [-0.3, -0.25) is 0 Å². The first-order valence-electron chi connectivity index (χ1n) is 4.42. The first-order chi connectivity index (χ1) is 5.66. The van der Waals surface area contributed by atoms with Crippen LogP contribution >= 0.6 is 0 Å². The summed E-state index contributed by atoms with van der Waals surface area (Å²) in [5.41, 5.74) is 1.36. The highest BCUT2D eigenvalue weighted by molar-refractivity contribution is 5.75. The van der Waals surface area contributed by atoms with E-state index in [1.807, 2.05) is 6.08 Å². The molecule has 0 unspecified atom stereocenters. The highest BCUT2D eigenvalue weighted by Crippen LogP contribution is 2.06. The predicted molar refractivity (Wildman–Crippen MR) is 53.1 cm³/mol. The molecule has 0 aromatic carbocycles. The van der Waals surface area contributed by atoms with Crippen molar-refractivity contribution in [1.82, 2.24) is 0 Å². The monoisotopic (exact) mass is 166 g/mol. The summed E-state index contributed by atoms with van der Waals surface area (Å²) in [6.45, 7) is 7.39. The molecular formula is C11H18O. The van der Waals surface area contributed by atoms with Crippen LogP contribution in [0.25, 0.3) is 0 Å². The van der Waals surface area contributed by atoms with Crippen LogP contribution in [0.5, 0.6) is 0 Å². The molecule has 68 valence electrons. The average Bonchev–Trinajstić information content (AvgIpc) is 2.00. The Balaban J connectivity index is 3.53. The van der Waals surface area contributed by atoms with Crippen LogP contribution in [0.2, 0.25) is 0 Å². The van der Waals surface area contributed by atoms with E-state index in [2.05, 4.69) is 19.6 Å². The van der Waals surface area contributed by atoms with Crippen molar-refractivity contribution in [2.45, 2.75) is 39.5 Å². The van der Waals surface area contributed by atoms with Crippen LogP contribution in [0.15, 0.2) is 24.3 Å². The molecule has 1 heteroatoms. The summed E-state index contributed by atoms with van der Waals surface area (Å²) in [6, 6.07) is 0. The molecule has 0 amide bonds. The molecular weight excluding hydrogens is 148 g/mol. The Kier molecular flexibility index (Phi) is 6.35. The topological polar surface area (TPSA) is 17.1 Å². The fourth-order valence-electron chi connectivity index (χ4n) is 0.954. The van der Waals surface area contributed by atoms with Gasteiger partial charge in [-0.25, -0.2) is 0 Å². The van der Waals surface area contributed by atoms with Crippen molar-refractivity contribution >= 4 is 5.78 Å². The van der Waals surface area contributed by atoms with E-state index >= 15 is 0 Å². The van der Waals surface area contributed by atoms with Crippen LogP contribution in [-0.2, 0) is 4.79 Å². The van der Waals surface area contributed by atoms with Crippen LogP contribution in [0, 0.1) is 0 Å². The largest absolute Gasteiger partial charge is 0.300 e. The van der Waals surface area contributed by atoms with Gasteiger partial charge in [-0.1, -0.05) is 17.7 Å². The molecule has 0 aliphatic rings. The number of rotatable bonds is 6. The SMILES string of the molecule is C=CCC/C(C)=C\CCC(C)=O. The van der Waals surface area contributed by atoms with Gasteiger partial charge < -0.3 is 4.79 Å². The molecule has 0 saturated heterocycles. The summed E-state index contributed by atoms with van der Waals surface area (Å²) in [5.74, 6) is 0.266. The number of carbonyl (C=O) groups is 1. The van der Waals surface area contributed by atoms with Crippen LogP contribution in [0.3, 0.4) is 0 Å². The number of carbonyl (C=O) groups excluding carboxylic acids is 1. The molecule has 0 aromatic heterocycles.